The van der Waals surface area contributed by atoms with Gasteiger partial charge in [0.15, 0.2) is 0 Å². The summed E-state index contributed by atoms with van der Waals surface area (Å²) in [5, 5.41) is 7.60. The molecule has 0 amide bonds. The molecule has 10 saturated heterocycles. The van der Waals surface area contributed by atoms with E-state index in [0.717, 1.165) is 6.08 Å². The monoisotopic (exact) mass is 258 g/mol. The molecule has 10 heterocycles. The zero-order valence-corrected chi connectivity index (χ0v) is 9.87. The number of carboxylic acid groups (broad SMARTS) is 1. The molecule has 0 aromatic carbocycles. The van der Waals surface area contributed by atoms with Crippen LogP contribution in [0.15, 0.2) is 12.7 Å². The Morgan fingerprint density at radius 3 is 1.06 bits per heavy atom. The average Bonchev–Trinajstić information content (AvgIpc) is 3.21. The van der Waals surface area contributed by atoms with E-state index >= 15 is 0 Å². The molecule has 10 fully saturated rings. The molecule has 1 N–H and O–H groups in total. The summed E-state index contributed by atoms with van der Waals surface area (Å²) in [6.07, 6.45) is 0.833. The van der Waals surface area contributed by atoms with Gasteiger partial charge in [-0.25, -0.2) is 4.79 Å². The van der Waals surface area contributed by atoms with Crippen LogP contribution in [0.2, 0.25) is 48.2 Å². The predicted molar refractivity (Wildman–Crippen MR) is 55.3 cm³/mol. The number of hydrogen-bond acceptors (Lipinski definition) is 1. The van der Waals surface area contributed by atoms with Crippen molar-refractivity contribution < 1.29 is 16.4 Å². The van der Waals surface area contributed by atoms with Crippen LogP contribution >= 0.6 is 0 Å². The molecule has 0 saturated carbocycles. The number of aliphatic carboxylic acids is 1. The van der Waals surface area contributed by atoms with Crippen LogP contribution in [0.1, 0.15) is 0 Å². The first kappa shape index (κ1) is 6.06. The van der Waals surface area contributed by atoms with Gasteiger partial charge in [-0.05, 0) is 0 Å². The number of fused-ring (bicyclic) bond motifs is 10. The Morgan fingerprint density at radius 2 is 1.06 bits per heavy atom. The second-order valence-electron chi connectivity index (χ2n) is 10.1. The van der Waals surface area contributed by atoms with Gasteiger partial charge in [0, 0.05) is 6.08 Å². The van der Waals surface area contributed by atoms with Crippen LogP contribution < -0.4 is 0 Å². The fraction of sp³-hybridized carbons (Fsp3) is 0.769. The van der Waals surface area contributed by atoms with Crippen molar-refractivity contribution >= 4 is 5.97 Å². The van der Waals surface area contributed by atoms with Crippen molar-refractivity contribution in [3.63, 3.8) is 0 Å². The number of carboxylic acids is 1. The summed E-state index contributed by atoms with van der Waals surface area (Å²) in [6.45, 7) is 0.677. The Hall–Kier alpha value is -0.271. The Bertz CT molecular complexity index is 715. The molecule has 0 bridgehead atoms. The molecule has 0 atom stereocenters. The Labute approximate surface area is 83.4 Å². The minimum absolute atomic E-state index is 0.833. The number of rotatable bonds is 1. The van der Waals surface area contributed by atoms with E-state index in [9.17, 15) is 4.79 Å². The first-order valence-electron chi connectivity index (χ1n) is 6.50. The molecule has 0 radical (unpaired) electrons. The molecular weight excluding hydrogens is 244 g/mol. The van der Waals surface area contributed by atoms with Gasteiger partial charge in [-0.3, -0.25) is 0 Å². The van der Waals surface area contributed by atoms with Gasteiger partial charge in [0.1, 0.15) is 0 Å². The van der Waals surface area contributed by atoms with E-state index in [1.165, 1.54) is 0 Å². The van der Waals surface area contributed by atoms with Crippen molar-refractivity contribution in [2.75, 3.05) is 0 Å². The van der Waals surface area contributed by atoms with Gasteiger partial charge in [0.2, 0.25) is 0 Å². The zero-order chi connectivity index (χ0) is 10.4. The van der Waals surface area contributed by atoms with Crippen LogP contribution in [-0.4, -0.2) is 11.1 Å². The fourth-order valence-electron chi connectivity index (χ4n) is 15.8. The Balaban J connectivity index is 0.000000105. The van der Waals surface area contributed by atoms with Gasteiger partial charge < -0.3 is 5.11 Å². The van der Waals surface area contributed by atoms with E-state index in [2.05, 4.69) is 6.58 Å². The van der Waals surface area contributed by atoms with Gasteiger partial charge in [-0.2, -0.15) is 0 Å². The van der Waals surface area contributed by atoms with E-state index in [4.69, 9.17) is 5.11 Å². The molecule has 1 spiro atoms. The quantitative estimate of drug-likeness (QED) is 0.576. The SMILES string of the molecule is C=CC(=O)O.[CH]12[CH]3[CH]4[CH]5[CH]1[Fe]23451678[CH]2[CH]1[CH]6[CH]7[CH]28. The van der Waals surface area contributed by atoms with Crippen molar-refractivity contribution in [1.29, 1.82) is 0 Å². The third-order valence-electron chi connectivity index (χ3n) is 14.7. The average molecular weight is 258 g/mol. The van der Waals surface area contributed by atoms with E-state index in [0.29, 0.717) is 0 Å². The van der Waals surface area contributed by atoms with Crippen molar-refractivity contribution in [3.05, 3.63) is 12.7 Å². The molecular formula is C13H14FeO2. The van der Waals surface area contributed by atoms with E-state index in [-0.39, 0.29) is 0 Å². The number of carbonyl (C=O) groups is 1. The summed E-state index contributed by atoms with van der Waals surface area (Å²) in [4.78, 5) is 25.2. The standard InChI is InChI=1S/2C5H5.C3H4O2.Fe/c2*1-2-4-5-3-1;1-2-3(4)5;/h2*1-5H;2H,1H2,(H,4,5);. The normalized spacial score (nSPS) is 120. The van der Waals surface area contributed by atoms with E-state index in [1.807, 2.05) is 0 Å². The summed E-state index contributed by atoms with van der Waals surface area (Å²) in [6, 6.07) is 0. The molecule has 0 aromatic rings. The van der Waals surface area contributed by atoms with Crippen LogP contribution in [0.3, 0.4) is 0 Å². The van der Waals surface area contributed by atoms with Crippen molar-refractivity contribution in [3.8, 4) is 0 Å². The number of hydrogen-bond donors (Lipinski definition) is 1. The molecule has 0 unspecified atom stereocenters. The Kier molecular flexibility index (Phi) is 0.170. The van der Waals surface area contributed by atoms with Crippen molar-refractivity contribution in [2.45, 2.75) is 48.2 Å². The van der Waals surface area contributed by atoms with Crippen LogP contribution in [-0.2, 0) is 11.3 Å². The summed E-state index contributed by atoms with van der Waals surface area (Å²) < 4.78 is 0. The first-order valence-corrected chi connectivity index (χ1v) is 12.9. The van der Waals surface area contributed by atoms with Gasteiger partial charge in [0.25, 0.3) is 0 Å². The third-order valence-corrected chi connectivity index (χ3v) is 56.6. The van der Waals surface area contributed by atoms with Gasteiger partial charge in [0.05, 0.1) is 0 Å². The molecule has 86 valence electrons. The summed E-state index contributed by atoms with van der Waals surface area (Å²) in [7, 11) is 0. The first-order chi connectivity index (χ1) is 7.43. The van der Waals surface area contributed by atoms with Crippen LogP contribution in [0, 0.1) is 0 Å². The van der Waals surface area contributed by atoms with E-state index in [1.54, 1.807) is 48.2 Å². The molecule has 0 aromatic heterocycles. The van der Waals surface area contributed by atoms with Crippen LogP contribution in [0.25, 0.3) is 0 Å². The summed E-state index contributed by atoms with van der Waals surface area (Å²) in [5.74, 6) is -0.981. The van der Waals surface area contributed by atoms with E-state index < -0.39 is 12.5 Å². The van der Waals surface area contributed by atoms with Crippen molar-refractivity contribution in [1.82, 2.24) is 0 Å². The maximum absolute atomic E-state index is 9.25. The molecule has 10 aliphatic rings. The topological polar surface area (TPSA) is 37.3 Å². The Morgan fingerprint density at radius 1 is 0.875 bits per heavy atom. The summed E-state index contributed by atoms with van der Waals surface area (Å²) in [5.41, 5.74) is 0. The fourth-order valence-corrected chi connectivity index (χ4v) is 88.0. The minimum atomic E-state index is -2.28. The molecule has 10 rings (SSSR count). The summed E-state index contributed by atoms with van der Waals surface area (Å²) >= 11 is 0. The van der Waals surface area contributed by atoms with Gasteiger partial charge >= 0.3 is 60.6 Å². The van der Waals surface area contributed by atoms with Crippen LogP contribution in [0.4, 0.5) is 0 Å². The predicted octanol–water partition coefficient (Wildman–Crippen LogP) is 3.63. The molecule has 10 aliphatic heterocycles. The molecule has 2 nitrogen and oxygen atoms in total. The molecule has 0 aliphatic carbocycles. The maximum atomic E-state index is 9.25. The van der Waals surface area contributed by atoms with Gasteiger partial charge in [-0.1, -0.05) is 6.58 Å². The molecule has 16 heavy (non-hydrogen) atoms. The van der Waals surface area contributed by atoms with Gasteiger partial charge in [-0.15, -0.1) is 0 Å². The van der Waals surface area contributed by atoms with Crippen LogP contribution in [0.5, 0.6) is 0 Å². The van der Waals surface area contributed by atoms with Crippen molar-refractivity contribution in [2.24, 2.45) is 0 Å². The zero-order valence-electron chi connectivity index (χ0n) is 8.77. The second-order valence-corrected chi connectivity index (χ2v) is 34.1. The molecule has 3 heteroatoms. The second kappa shape index (κ2) is 0.448. The third kappa shape index (κ3) is 0.0547.